The summed E-state index contributed by atoms with van der Waals surface area (Å²) in [5, 5.41) is 3.49. The van der Waals surface area contributed by atoms with Crippen molar-refractivity contribution in [2.75, 3.05) is 13.2 Å². The molecule has 0 aliphatic carbocycles. The number of nitrogens with zero attached hydrogens (tertiary/aromatic N) is 1. The Bertz CT molecular complexity index is 1060. The highest BCUT2D eigenvalue weighted by Crippen LogP contribution is 2.29. The molecule has 0 unspecified atom stereocenters. The van der Waals surface area contributed by atoms with E-state index in [2.05, 4.69) is 22.4 Å². The van der Waals surface area contributed by atoms with Crippen molar-refractivity contribution in [2.24, 2.45) is 0 Å². The van der Waals surface area contributed by atoms with E-state index in [1.54, 1.807) is 20.8 Å². The molecule has 6 nitrogen and oxygen atoms in total. The Morgan fingerprint density at radius 2 is 1.76 bits per heavy atom. The van der Waals surface area contributed by atoms with Crippen LogP contribution >= 0.6 is 0 Å². The third kappa shape index (κ3) is 6.23. The molecule has 0 saturated carbocycles. The number of hydrogen-bond donors (Lipinski definition) is 1. The van der Waals surface area contributed by atoms with Gasteiger partial charge in [0.2, 0.25) is 5.89 Å². The highest BCUT2D eigenvalue weighted by atomic mass is 16.6. The maximum Gasteiger partial charge on any atom is 0.349 e. The highest BCUT2D eigenvalue weighted by Gasteiger charge is 2.32. The second-order valence-electron chi connectivity index (χ2n) is 8.71. The number of aromatic nitrogens is 1. The van der Waals surface area contributed by atoms with Gasteiger partial charge in [-0.15, -0.1) is 0 Å². The summed E-state index contributed by atoms with van der Waals surface area (Å²) in [7, 11) is 0. The van der Waals surface area contributed by atoms with Crippen molar-refractivity contribution in [1.29, 1.82) is 0 Å². The van der Waals surface area contributed by atoms with E-state index in [1.165, 1.54) is 0 Å². The molecule has 1 aromatic heterocycles. The van der Waals surface area contributed by atoms with E-state index in [0.717, 1.165) is 59.0 Å². The first-order chi connectivity index (χ1) is 15.7. The van der Waals surface area contributed by atoms with Crippen molar-refractivity contribution in [1.82, 2.24) is 10.3 Å². The minimum absolute atomic E-state index is 0.329. The van der Waals surface area contributed by atoms with E-state index < -0.39 is 5.60 Å². The van der Waals surface area contributed by atoms with Crippen LogP contribution in [0.3, 0.4) is 0 Å². The fraction of sp³-hybridized carbons (Fsp3) is 0.407. The van der Waals surface area contributed by atoms with Crippen LogP contribution in [0.15, 0.2) is 46.9 Å². The summed E-state index contributed by atoms with van der Waals surface area (Å²) < 4.78 is 17.0. The quantitative estimate of drug-likeness (QED) is 0.333. The largest absolute Gasteiger partial charge is 0.476 e. The number of ether oxygens (including phenoxy) is 2. The SMILES string of the molecule is CCOC(=O)C(C)(C)Oc1c(C)cc(CNCCc2nc(-c3ccccc3)oc2C)cc1C. The summed E-state index contributed by atoms with van der Waals surface area (Å²) in [6, 6.07) is 14.1. The number of carbonyl (C=O) groups is 1. The minimum Gasteiger partial charge on any atom is -0.476 e. The van der Waals surface area contributed by atoms with Crippen LogP contribution in [0.2, 0.25) is 0 Å². The molecule has 1 heterocycles. The second-order valence-corrected chi connectivity index (χ2v) is 8.71. The molecule has 0 amide bonds. The molecule has 0 spiro atoms. The maximum absolute atomic E-state index is 12.2. The Kier molecular flexibility index (Phi) is 7.92. The molecular weight excluding hydrogens is 416 g/mol. The lowest BCUT2D eigenvalue weighted by atomic mass is 10.0. The van der Waals surface area contributed by atoms with Gasteiger partial charge in [-0.2, -0.15) is 0 Å². The van der Waals surface area contributed by atoms with Gasteiger partial charge in [0.15, 0.2) is 5.60 Å². The van der Waals surface area contributed by atoms with Gasteiger partial charge in [-0.25, -0.2) is 9.78 Å². The number of carbonyl (C=O) groups excluding carboxylic acids is 1. The van der Waals surface area contributed by atoms with Crippen LogP contribution in [0, 0.1) is 20.8 Å². The Morgan fingerprint density at radius 3 is 2.39 bits per heavy atom. The van der Waals surface area contributed by atoms with Gasteiger partial charge >= 0.3 is 5.97 Å². The van der Waals surface area contributed by atoms with E-state index in [4.69, 9.17) is 13.9 Å². The standard InChI is InChI=1S/C27H34N2O4/c1-7-31-26(30)27(5,6)33-24-18(2)15-21(16-19(24)3)17-28-14-13-23-20(4)32-25(29-23)22-11-9-8-10-12-22/h8-12,15-16,28H,7,13-14,17H2,1-6H3. The van der Waals surface area contributed by atoms with Gasteiger partial charge in [0.25, 0.3) is 0 Å². The van der Waals surface area contributed by atoms with E-state index >= 15 is 0 Å². The number of nitrogens with one attached hydrogen (secondary N) is 1. The van der Waals surface area contributed by atoms with Gasteiger partial charge in [-0.05, 0) is 70.4 Å². The first-order valence-electron chi connectivity index (χ1n) is 11.4. The minimum atomic E-state index is -1.04. The smallest absolute Gasteiger partial charge is 0.349 e. The number of benzene rings is 2. The lowest BCUT2D eigenvalue weighted by molar-refractivity contribution is -0.158. The van der Waals surface area contributed by atoms with Gasteiger partial charge < -0.3 is 19.2 Å². The first kappa shape index (κ1) is 24.5. The van der Waals surface area contributed by atoms with Crippen LogP contribution in [0.4, 0.5) is 0 Å². The molecule has 3 rings (SSSR count). The van der Waals surface area contributed by atoms with E-state index in [9.17, 15) is 4.79 Å². The molecule has 176 valence electrons. The van der Waals surface area contributed by atoms with Crippen LogP contribution in [0.1, 0.15) is 48.9 Å². The topological polar surface area (TPSA) is 73.6 Å². The van der Waals surface area contributed by atoms with Crippen molar-refractivity contribution in [3.05, 3.63) is 70.6 Å². The molecule has 0 fully saturated rings. The van der Waals surface area contributed by atoms with Crippen molar-refractivity contribution >= 4 is 5.97 Å². The monoisotopic (exact) mass is 450 g/mol. The molecule has 1 N–H and O–H groups in total. The van der Waals surface area contributed by atoms with Gasteiger partial charge in [0.1, 0.15) is 11.5 Å². The lowest BCUT2D eigenvalue weighted by Gasteiger charge is -2.26. The molecule has 3 aromatic rings. The van der Waals surface area contributed by atoms with Gasteiger partial charge in [-0.1, -0.05) is 30.3 Å². The van der Waals surface area contributed by atoms with Gasteiger partial charge in [-0.3, -0.25) is 0 Å². The predicted molar refractivity (Wildman–Crippen MR) is 129 cm³/mol. The molecule has 33 heavy (non-hydrogen) atoms. The highest BCUT2D eigenvalue weighted by molar-refractivity contribution is 5.79. The summed E-state index contributed by atoms with van der Waals surface area (Å²) in [6.45, 7) is 13.0. The van der Waals surface area contributed by atoms with Gasteiger partial charge in [0, 0.05) is 25.1 Å². The fourth-order valence-corrected chi connectivity index (χ4v) is 3.71. The lowest BCUT2D eigenvalue weighted by Crippen LogP contribution is -2.40. The third-order valence-electron chi connectivity index (χ3n) is 5.43. The maximum atomic E-state index is 12.2. The zero-order chi connectivity index (χ0) is 24.0. The predicted octanol–water partition coefficient (Wildman–Crippen LogP) is 5.32. The van der Waals surface area contributed by atoms with Crippen molar-refractivity contribution in [2.45, 2.75) is 60.1 Å². The van der Waals surface area contributed by atoms with E-state index in [1.807, 2.05) is 51.1 Å². The Morgan fingerprint density at radius 1 is 1.09 bits per heavy atom. The number of esters is 1. The summed E-state index contributed by atoms with van der Waals surface area (Å²) in [4.78, 5) is 16.9. The first-order valence-corrected chi connectivity index (χ1v) is 11.4. The van der Waals surface area contributed by atoms with Crippen LogP contribution in [0.5, 0.6) is 5.75 Å². The number of rotatable bonds is 10. The molecule has 0 saturated heterocycles. The third-order valence-corrected chi connectivity index (χ3v) is 5.43. The number of hydrogen-bond acceptors (Lipinski definition) is 6. The summed E-state index contributed by atoms with van der Waals surface area (Å²) in [5.74, 6) is 1.88. The summed E-state index contributed by atoms with van der Waals surface area (Å²) in [5.41, 5.74) is 4.05. The van der Waals surface area contributed by atoms with Crippen molar-refractivity contribution in [3.63, 3.8) is 0 Å². The molecule has 2 aromatic carbocycles. The molecular formula is C27H34N2O4. The van der Waals surface area contributed by atoms with Crippen molar-refractivity contribution in [3.8, 4) is 17.2 Å². The van der Waals surface area contributed by atoms with E-state index in [0.29, 0.717) is 12.5 Å². The second kappa shape index (κ2) is 10.7. The summed E-state index contributed by atoms with van der Waals surface area (Å²) >= 11 is 0. The molecule has 0 radical (unpaired) electrons. The molecule has 0 aliphatic heterocycles. The van der Waals surface area contributed by atoms with Crippen LogP contribution in [-0.4, -0.2) is 29.7 Å². The zero-order valence-electron chi connectivity index (χ0n) is 20.5. The van der Waals surface area contributed by atoms with Gasteiger partial charge in [0.05, 0.1) is 12.3 Å². The number of oxazole rings is 1. The van der Waals surface area contributed by atoms with Crippen LogP contribution in [0.25, 0.3) is 11.5 Å². The van der Waals surface area contributed by atoms with Crippen LogP contribution in [-0.2, 0) is 22.5 Å². The molecule has 6 heteroatoms. The Hall–Kier alpha value is -3.12. The zero-order valence-corrected chi connectivity index (χ0v) is 20.5. The van der Waals surface area contributed by atoms with Crippen molar-refractivity contribution < 1.29 is 18.7 Å². The molecule has 0 atom stereocenters. The Labute approximate surface area is 196 Å². The molecule has 0 aliphatic rings. The molecule has 0 bridgehead atoms. The normalized spacial score (nSPS) is 11.5. The van der Waals surface area contributed by atoms with Crippen LogP contribution < -0.4 is 10.1 Å². The Balaban J connectivity index is 1.57. The summed E-state index contributed by atoms with van der Waals surface area (Å²) in [6.07, 6.45) is 0.787. The average molecular weight is 451 g/mol. The number of aryl methyl sites for hydroxylation is 3. The average Bonchev–Trinajstić information content (AvgIpc) is 3.15. The van der Waals surface area contributed by atoms with E-state index in [-0.39, 0.29) is 5.97 Å². The fourth-order valence-electron chi connectivity index (χ4n) is 3.71.